The average Bonchev–Trinajstić information content (AvgIpc) is 2.87. The van der Waals surface area contributed by atoms with Gasteiger partial charge in [0.05, 0.1) is 16.8 Å². The maximum atomic E-state index is 10.9. The van der Waals surface area contributed by atoms with E-state index in [1.54, 1.807) is 18.3 Å². The molecule has 0 aliphatic rings. The second-order valence-corrected chi connectivity index (χ2v) is 4.70. The van der Waals surface area contributed by atoms with Crippen LogP contribution in [0.4, 0.5) is 5.69 Å². The van der Waals surface area contributed by atoms with Gasteiger partial charge >= 0.3 is 0 Å². The number of rotatable bonds is 6. The Bertz CT molecular complexity index is 607. The zero-order valence-corrected chi connectivity index (χ0v) is 11.6. The van der Waals surface area contributed by atoms with E-state index in [9.17, 15) is 10.1 Å². The van der Waals surface area contributed by atoms with Crippen molar-refractivity contribution in [3.8, 4) is 11.3 Å². The number of nitro groups is 1. The first-order valence-corrected chi connectivity index (χ1v) is 6.62. The molecular weight excluding hydrogens is 256 g/mol. The number of hydrogen-bond acceptors (Lipinski definition) is 4. The first-order chi connectivity index (χ1) is 9.63. The van der Waals surface area contributed by atoms with Crippen LogP contribution in [0.1, 0.15) is 24.5 Å². The molecule has 0 aliphatic heterocycles. The molecule has 106 valence electrons. The summed E-state index contributed by atoms with van der Waals surface area (Å²) in [5.74, 6) is 0. The number of aryl methyl sites for hydroxylation is 1. The van der Waals surface area contributed by atoms with Crippen LogP contribution in [0, 0.1) is 17.0 Å². The predicted molar refractivity (Wildman–Crippen MR) is 77.4 cm³/mol. The normalized spacial score (nSPS) is 10.7. The summed E-state index contributed by atoms with van der Waals surface area (Å²) in [4.78, 5) is 10.5. The molecule has 1 aromatic carbocycles. The summed E-state index contributed by atoms with van der Waals surface area (Å²) in [6, 6.07) is 4.87. The van der Waals surface area contributed by atoms with Crippen molar-refractivity contribution in [2.75, 3.05) is 6.54 Å². The van der Waals surface area contributed by atoms with Gasteiger partial charge in [0, 0.05) is 29.8 Å². The molecule has 2 aromatic rings. The second kappa shape index (κ2) is 6.29. The van der Waals surface area contributed by atoms with Crippen LogP contribution in [-0.2, 0) is 6.54 Å². The fraction of sp³-hybridized carbons (Fsp3) is 0.357. The summed E-state index contributed by atoms with van der Waals surface area (Å²) >= 11 is 0. The Labute approximate surface area is 117 Å². The smallest absolute Gasteiger partial charge is 0.270 e. The molecule has 0 atom stereocenters. The minimum atomic E-state index is -0.381. The molecule has 2 N–H and O–H groups in total. The number of H-pyrrole nitrogens is 1. The van der Waals surface area contributed by atoms with Crippen LogP contribution in [0.3, 0.4) is 0 Å². The summed E-state index contributed by atoms with van der Waals surface area (Å²) < 4.78 is 0. The summed E-state index contributed by atoms with van der Waals surface area (Å²) in [5.41, 5.74) is 3.76. The number of nitrogens with zero attached hydrogens (tertiary/aromatic N) is 2. The zero-order valence-electron chi connectivity index (χ0n) is 11.6. The molecule has 1 aromatic heterocycles. The van der Waals surface area contributed by atoms with Crippen molar-refractivity contribution in [3.05, 3.63) is 45.6 Å². The van der Waals surface area contributed by atoms with Crippen LogP contribution >= 0.6 is 0 Å². The highest BCUT2D eigenvalue weighted by Crippen LogP contribution is 2.28. The van der Waals surface area contributed by atoms with Gasteiger partial charge in [-0.2, -0.15) is 5.10 Å². The number of nitro benzene ring substituents is 1. The third-order valence-corrected chi connectivity index (χ3v) is 3.16. The maximum Gasteiger partial charge on any atom is 0.270 e. The van der Waals surface area contributed by atoms with Gasteiger partial charge in [-0.05, 0) is 25.5 Å². The Kier molecular flexibility index (Phi) is 4.47. The van der Waals surface area contributed by atoms with Crippen molar-refractivity contribution in [2.24, 2.45) is 0 Å². The lowest BCUT2D eigenvalue weighted by atomic mass is 10.0. The van der Waals surface area contributed by atoms with E-state index >= 15 is 0 Å². The lowest BCUT2D eigenvalue weighted by Crippen LogP contribution is -2.13. The standard InChI is InChI=1S/C14H18N4O2/c1-3-6-15-8-11-9-16-17-14(11)13-7-12(18(19)20)5-4-10(13)2/h4-5,7,9,15H,3,6,8H2,1-2H3,(H,16,17). The Morgan fingerprint density at radius 3 is 2.95 bits per heavy atom. The molecule has 1 heterocycles. The van der Waals surface area contributed by atoms with E-state index in [2.05, 4.69) is 22.4 Å². The molecule has 6 nitrogen and oxygen atoms in total. The van der Waals surface area contributed by atoms with E-state index in [1.165, 1.54) is 6.07 Å². The number of nitrogens with one attached hydrogen (secondary N) is 2. The SMILES string of the molecule is CCCNCc1cn[nH]c1-c1cc([N+](=O)[O-])ccc1C. The molecule has 2 rings (SSSR count). The number of hydrogen-bond donors (Lipinski definition) is 2. The number of aromatic nitrogens is 2. The minimum Gasteiger partial charge on any atom is -0.313 e. The average molecular weight is 274 g/mol. The van der Waals surface area contributed by atoms with Crippen LogP contribution in [0.2, 0.25) is 0 Å². The quantitative estimate of drug-likeness (QED) is 0.482. The number of aromatic amines is 1. The Morgan fingerprint density at radius 1 is 1.45 bits per heavy atom. The molecule has 0 amide bonds. The molecule has 0 spiro atoms. The second-order valence-electron chi connectivity index (χ2n) is 4.70. The van der Waals surface area contributed by atoms with E-state index in [-0.39, 0.29) is 10.6 Å². The minimum absolute atomic E-state index is 0.0904. The maximum absolute atomic E-state index is 10.9. The summed E-state index contributed by atoms with van der Waals surface area (Å²) in [6.45, 7) is 5.66. The van der Waals surface area contributed by atoms with Gasteiger partial charge in [0.2, 0.25) is 0 Å². The van der Waals surface area contributed by atoms with Gasteiger partial charge in [-0.15, -0.1) is 0 Å². The van der Waals surface area contributed by atoms with Gasteiger partial charge in [-0.1, -0.05) is 13.0 Å². The van der Waals surface area contributed by atoms with Gasteiger partial charge < -0.3 is 5.32 Å². The van der Waals surface area contributed by atoms with Gasteiger partial charge in [-0.25, -0.2) is 0 Å². The van der Waals surface area contributed by atoms with Crippen molar-refractivity contribution in [1.29, 1.82) is 0 Å². The van der Waals surface area contributed by atoms with Gasteiger partial charge in [-0.3, -0.25) is 15.2 Å². The predicted octanol–water partition coefficient (Wildman–Crippen LogP) is 2.79. The van der Waals surface area contributed by atoms with Crippen LogP contribution in [0.15, 0.2) is 24.4 Å². The third-order valence-electron chi connectivity index (χ3n) is 3.16. The van der Waals surface area contributed by atoms with E-state index in [4.69, 9.17) is 0 Å². The van der Waals surface area contributed by atoms with Gasteiger partial charge in [0.15, 0.2) is 0 Å². The molecule has 0 fully saturated rings. The summed E-state index contributed by atoms with van der Waals surface area (Å²) in [5, 5.41) is 21.2. The summed E-state index contributed by atoms with van der Waals surface area (Å²) in [6.07, 6.45) is 2.82. The van der Waals surface area contributed by atoms with E-state index in [0.29, 0.717) is 6.54 Å². The van der Waals surface area contributed by atoms with E-state index < -0.39 is 0 Å². The highest BCUT2D eigenvalue weighted by atomic mass is 16.6. The summed E-state index contributed by atoms with van der Waals surface area (Å²) in [7, 11) is 0. The number of non-ortho nitro benzene ring substituents is 1. The first kappa shape index (κ1) is 14.2. The molecule has 0 aliphatic carbocycles. The van der Waals surface area contributed by atoms with Gasteiger partial charge in [0.25, 0.3) is 5.69 Å². The molecular formula is C14H18N4O2. The molecule has 0 saturated carbocycles. The monoisotopic (exact) mass is 274 g/mol. The lowest BCUT2D eigenvalue weighted by molar-refractivity contribution is -0.384. The highest BCUT2D eigenvalue weighted by Gasteiger charge is 2.14. The van der Waals surface area contributed by atoms with Crippen LogP contribution in [0.5, 0.6) is 0 Å². The topological polar surface area (TPSA) is 83.8 Å². The molecule has 0 bridgehead atoms. The van der Waals surface area contributed by atoms with Gasteiger partial charge in [0.1, 0.15) is 0 Å². The molecule has 0 unspecified atom stereocenters. The fourth-order valence-corrected chi connectivity index (χ4v) is 2.07. The Balaban J connectivity index is 2.34. The molecule has 0 radical (unpaired) electrons. The third kappa shape index (κ3) is 3.03. The van der Waals surface area contributed by atoms with Crippen molar-refractivity contribution in [1.82, 2.24) is 15.5 Å². The van der Waals surface area contributed by atoms with Crippen molar-refractivity contribution >= 4 is 5.69 Å². The first-order valence-electron chi connectivity index (χ1n) is 6.62. The molecule has 20 heavy (non-hydrogen) atoms. The Morgan fingerprint density at radius 2 is 2.25 bits per heavy atom. The zero-order chi connectivity index (χ0) is 14.5. The Hall–Kier alpha value is -2.21. The van der Waals surface area contributed by atoms with E-state index in [0.717, 1.165) is 35.3 Å². The lowest BCUT2D eigenvalue weighted by Gasteiger charge is -2.07. The molecule has 0 saturated heterocycles. The number of benzene rings is 1. The highest BCUT2D eigenvalue weighted by molar-refractivity contribution is 5.69. The van der Waals surface area contributed by atoms with Crippen LogP contribution in [-0.4, -0.2) is 21.7 Å². The van der Waals surface area contributed by atoms with Crippen molar-refractivity contribution < 1.29 is 4.92 Å². The van der Waals surface area contributed by atoms with Crippen LogP contribution < -0.4 is 5.32 Å². The van der Waals surface area contributed by atoms with E-state index in [1.807, 2.05) is 6.92 Å². The largest absolute Gasteiger partial charge is 0.313 e. The van der Waals surface area contributed by atoms with Crippen molar-refractivity contribution in [3.63, 3.8) is 0 Å². The fourth-order valence-electron chi connectivity index (χ4n) is 2.07. The van der Waals surface area contributed by atoms with Crippen molar-refractivity contribution in [2.45, 2.75) is 26.8 Å². The molecule has 6 heteroatoms. The van der Waals surface area contributed by atoms with Crippen LogP contribution in [0.25, 0.3) is 11.3 Å².